The Labute approximate surface area is 148 Å². The first-order chi connectivity index (χ1) is 12.3. The summed E-state index contributed by atoms with van der Waals surface area (Å²) in [6, 6.07) is -1.30. The molecule has 2 fully saturated rings. The third kappa shape index (κ3) is 2.63. The number of amides is 1. The van der Waals surface area contributed by atoms with E-state index in [-0.39, 0.29) is 28.7 Å². The summed E-state index contributed by atoms with van der Waals surface area (Å²) < 4.78 is 45.7. The highest BCUT2D eigenvalue weighted by atomic mass is 32.1. The van der Waals surface area contributed by atoms with Gasteiger partial charge in [-0.25, -0.2) is 9.97 Å². The fourth-order valence-electron chi connectivity index (χ4n) is 3.20. The second kappa shape index (κ2) is 5.91. The molecule has 2 aromatic rings. The zero-order valence-corrected chi connectivity index (χ0v) is 14.1. The lowest BCUT2D eigenvalue weighted by Crippen LogP contribution is -2.41. The zero-order chi connectivity index (χ0) is 18.6. The lowest BCUT2D eigenvalue weighted by molar-refractivity contribution is -0.152. The monoisotopic (exact) mass is 389 g/mol. The Kier molecular flexibility index (Phi) is 3.91. The summed E-state index contributed by atoms with van der Waals surface area (Å²) in [5, 5.41) is 0.279. The molecule has 1 atom stereocenters. The number of primary amides is 1. The van der Waals surface area contributed by atoms with Crippen LogP contribution in [0.25, 0.3) is 10.3 Å². The molecule has 2 aliphatic heterocycles. The normalized spacial score (nSPS) is 21.3. The fourth-order valence-corrected chi connectivity index (χ4v) is 4.21. The van der Waals surface area contributed by atoms with Gasteiger partial charge in [-0.1, -0.05) is 11.3 Å². The number of halogens is 3. The second-order valence-corrected chi connectivity index (χ2v) is 7.16. The Hall–Kier alpha value is -2.21. The first-order valence-corrected chi connectivity index (χ1v) is 8.73. The lowest BCUT2D eigenvalue weighted by Gasteiger charge is -2.29. The SMILES string of the molecule is NC(=O)C1CCCN1c1nc2c(=O)n(C3COC3)c(C(F)(F)F)nc2s1. The minimum absolute atomic E-state index is 0.0169. The third-order valence-corrected chi connectivity index (χ3v) is 5.51. The van der Waals surface area contributed by atoms with Gasteiger partial charge in [0.2, 0.25) is 11.7 Å². The molecule has 1 unspecified atom stereocenters. The van der Waals surface area contributed by atoms with Crippen LogP contribution in [0.2, 0.25) is 0 Å². The summed E-state index contributed by atoms with van der Waals surface area (Å²) in [5.41, 5.74) is 4.38. The van der Waals surface area contributed by atoms with Crippen LogP contribution in [0.3, 0.4) is 0 Å². The fraction of sp³-hybridized carbons (Fsp3) is 0.571. The summed E-state index contributed by atoms with van der Waals surface area (Å²) in [7, 11) is 0. The van der Waals surface area contributed by atoms with Crippen molar-refractivity contribution in [2.24, 2.45) is 5.73 Å². The molecule has 26 heavy (non-hydrogen) atoms. The van der Waals surface area contributed by atoms with Gasteiger partial charge in [-0.15, -0.1) is 0 Å². The number of fused-ring (bicyclic) bond motifs is 1. The van der Waals surface area contributed by atoms with Gasteiger partial charge in [0.1, 0.15) is 6.04 Å². The molecule has 2 N–H and O–H groups in total. The quantitative estimate of drug-likeness (QED) is 0.837. The lowest BCUT2D eigenvalue weighted by atomic mass is 10.2. The Morgan fingerprint density at radius 2 is 2.04 bits per heavy atom. The number of carbonyl (C=O) groups excluding carboxylic acids is 1. The molecule has 2 aliphatic rings. The highest BCUT2D eigenvalue weighted by Gasteiger charge is 2.41. The molecule has 0 aromatic carbocycles. The average molecular weight is 389 g/mol. The molecule has 0 saturated carbocycles. The van der Waals surface area contributed by atoms with Crippen LogP contribution in [0.5, 0.6) is 0 Å². The van der Waals surface area contributed by atoms with Crippen molar-refractivity contribution in [1.29, 1.82) is 0 Å². The average Bonchev–Trinajstić information content (AvgIpc) is 3.12. The van der Waals surface area contributed by atoms with Gasteiger partial charge in [0.15, 0.2) is 15.5 Å². The summed E-state index contributed by atoms with van der Waals surface area (Å²) >= 11 is 0.858. The van der Waals surface area contributed by atoms with Gasteiger partial charge < -0.3 is 15.4 Å². The van der Waals surface area contributed by atoms with E-state index < -0.39 is 35.6 Å². The van der Waals surface area contributed by atoms with Crippen LogP contribution in [-0.4, -0.2) is 46.2 Å². The maximum Gasteiger partial charge on any atom is 0.449 e. The van der Waals surface area contributed by atoms with Crippen molar-refractivity contribution in [3.05, 3.63) is 16.2 Å². The van der Waals surface area contributed by atoms with E-state index in [1.807, 2.05) is 0 Å². The number of thiazole rings is 1. The first-order valence-electron chi connectivity index (χ1n) is 7.91. The molecule has 4 rings (SSSR count). The van der Waals surface area contributed by atoms with Crippen molar-refractivity contribution in [3.63, 3.8) is 0 Å². The third-order valence-electron chi connectivity index (χ3n) is 4.52. The molecule has 0 radical (unpaired) electrons. The van der Waals surface area contributed by atoms with E-state index >= 15 is 0 Å². The van der Waals surface area contributed by atoms with Gasteiger partial charge in [-0.2, -0.15) is 13.2 Å². The molecule has 0 aliphatic carbocycles. The summed E-state index contributed by atoms with van der Waals surface area (Å²) in [4.78, 5) is 33.6. The van der Waals surface area contributed by atoms with E-state index in [1.165, 1.54) is 0 Å². The molecule has 1 amide bonds. The molecule has 0 bridgehead atoms. The van der Waals surface area contributed by atoms with E-state index in [2.05, 4.69) is 9.97 Å². The van der Waals surface area contributed by atoms with E-state index in [9.17, 15) is 22.8 Å². The molecule has 12 heteroatoms. The van der Waals surface area contributed by atoms with Crippen molar-refractivity contribution < 1.29 is 22.7 Å². The first kappa shape index (κ1) is 17.2. The van der Waals surface area contributed by atoms with Crippen LogP contribution < -0.4 is 16.2 Å². The predicted molar refractivity (Wildman–Crippen MR) is 86.1 cm³/mol. The standard InChI is InChI=1S/C14H14F3N5O3S/c15-14(16,17)12-20-10-8(11(24)22(12)6-4-25-5-6)19-13(26-10)21-3-1-2-7(21)9(18)23/h6-7H,1-5H2,(H2,18,23). The maximum absolute atomic E-state index is 13.4. The van der Waals surface area contributed by atoms with Crippen LogP contribution in [-0.2, 0) is 15.7 Å². The van der Waals surface area contributed by atoms with Gasteiger partial charge in [0, 0.05) is 6.54 Å². The Morgan fingerprint density at radius 3 is 2.62 bits per heavy atom. The topological polar surface area (TPSA) is 103 Å². The molecule has 140 valence electrons. The number of anilines is 1. The maximum atomic E-state index is 13.4. The van der Waals surface area contributed by atoms with Gasteiger partial charge in [-0.3, -0.25) is 14.2 Å². The minimum atomic E-state index is -4.78. The Bertz CT molecular complexity index is 936. The van der Waals surface area contributed by atoms with Crippen LogP contribution in [0, 0.1) is 0 Å². The van der Waals surface area contributed by atoms with Crippen LogP contribution in [0.1, 0.15) is 24.7 Å². The molecule has 2 aromatic heterocycles. The van der Waals surface area contributed by atoms with Crippen molar-refractivity contribution >= 4 is 32.7 Å². The van der Waals surface area contributed by atoms with Crippen molar-refractivity contribution in [2.45, 2.75) is 31.1 Å². The van der Waals surface area contributed by atoms with Gasteiger partial charge in [-0.05, 0) is 12.8 Å². The summed E-state index contributed by atoms with van der Waals surface area (Å²) in [6.45, 7) is 0.524. The van der Waals surface area contributed by atoms with Crippen LogP contribution >= 0.6 is 11.3 Å². The van der Waals surface area contributed by atoms with Crippen LogP contribution in [0.4, 0.5) is 18.3 Å². The highest BCUT2D eigenvalue weighted by Crippen LogP contribution is 2.35. The molecular weight excluding hydrogens is 375 g/mol. The van der Waals surface area contributed by atoms with Gasteiger partial charge in [0.25, 0.3) is 5.56 Å². The number of aromatic nitrogens is 3. The largest absolute Gasteiger partial charge is 0.449 e. The van der Waals surface area contributed by atoms with E-state index in [1.54, 1.807) is 4.90 Å². The number of hydrogen-bond acceptors (Lipinski definition) is 7. The highest BCUT2D eigenvalue weighted by molar-refractivity contribution is 7.21. The summed E-state index contributed by atoms with van der Waals surface area (Å²) in [5.74, 6) is -1.79. The molecular formula is C14H14F3N5O3S. The van der Waals surface area contributed by atoms with E-state index in [0.717, 1.165) is 11.3 Å². The number of rotatable bonds is 3. The smallest absolute Gasteiger partial charge is 0.377 e. The van der Waals surface area contributed by atoms with E-state index in [0.29, 0.717) is 24.0 Å². The van der Waals surface area contributed by atoms with Crippen LogP contribution in [0.15, 0.2) is 4.79 Å². The van der Waals surface area contributed by atoms with Gasteiger partial charge >= 0.3 is 6.18 Å². The number of alkyl halides is 3. The Balaban J connectivity index is 1.87. The van der Waals surface area contributed by atoms with Gasteiger partial charge in [0.05, 0.1) is 19.3 Å². The minimum Gasteiger partial charge on any atom is -0.377 e. The number of carbonyl (C=O) groups is 1. The van der Waals surface area contributed by atoms with Crippen molar-refractivity contribution in [1.82, 2.24) is 14.5 Å². The Morgan fingerprint density at radius 1 is 1.31 bits per heavy atom. The van der Waals surface area contributed by atoms with E-state index in [4.69, 9.17) is 10.5 Å². The number of hydrogen-bond donors (Lipinski definition) is 1. The number of nitrogens with zero attached hydrogens (tertiary/aromatic N) is 4. The molecule has 0 spiro atoms. The predicted octanol–water partition coefficient (Wildman–Crippen LogP) is 0.897. The number of ether oxygens (including phenoxy) is 1. The zero-order valence-electron chi connectivity index (χ0n) is 13.3. The van der Waals surface area contributed by atoms with Crippen molar-refractivity contribution in [2.75, 3.05) is 24.7 Å². The molecule has 8 nitrogen and oxygen atoms in total. The molecule has 2 saturated heterocycles. The molecule has 4 heterocycles. The summed E-state index contributed by atoms with van der Waals surface area (Å²) in [6.07, 6.45) is -3.54. The number of nitrogens with two attached hydrogens (primary N) is 1. The second-order valence-electron chi connectivity index (χ2n) is 6.20. The van der Waals surface area contributed by atoms with Crippen molar-refractivity contribution in [3.8, 4) is 0 Å².